The lowest BCUT2D eigenvalue weighted by Crippen LogP contribution is -2.28. The van der Waals surface area contributed by atoms with Crippen molar-refractivity contribution in [3.8, 4) is 5.75 Å². The highest BCUT2D eigenvalue weighted by Crippen LogP contribution is 2.32. The van der Waals surface area contributed by atoms with Gasteiger partial charge in [0.1, 0.15) is 18.6 Å². The molecule has 1 N–H and O–H groups in total. The number of furan rings is 1. The zero-order chi connectivity index (χ0) is 21.9. The summed E-state index contributed by atoms with van der Waals surface area (Å²) < 4.78 is 10.8. The Balaban J connectivity index is 1.26. The number of anilines is 2. The maximum atomic E-state index is 12.8. The molecule has 1 aliphatic rings. The van der Waals surface area contributed by atoms with Crippen molar-refractivity contribution in [3.63, 3.8) is 0 Å². The number of carbonyl (C=O) groups excluding carboxylic acids is 2. The van der Waals surface area contributed by atoms with Gasteiger partial charge in [0.05, 0.1) is 23.0 Å². The molecule has 0 radical (unpaired) electrons. The maximum Gasteiger partial charge on any atom is 0.261 e. The van der Waals surface area contributed by atoms with Crippen LogP contribution in [-0.2, 0) is 13.0 Å². The molecule has 0 saturated carbocycles. The van der Waals surface area contributed by atoms with Gasteiger partial charge in [0.25, 0.3) is 11.8 Å². The summed E-state index contributed by atoms with van der Waals surface area (Å²) in [6.07, 6.45) is 3.66. The lowest BCUT2D eigenvalue weighted by molar-refractivity contribution is 0.0987. The molecule has 5 rings (SSSR count). The molecule has 4 aromatic rings. The van der Waals surface area contributed by atoms with Gasteiger partial charge in [-0.05, 0) is 54.4 Å². The van der Waals surface area contributed by atoms with Crippen molar-refractivity contribution in [1.29, 1.82) is 0 Å². The van der Waals surface area contributed by atoms with Crippen LogP contribution in [0.1, 0.15) is 32.0 Å². The van der Waals surface area contributed by atoms with Gasteiger partial charge in [0.2, 0.25) is 0 Å². The normalized spacial score (nSPS) is 12.4. The van der Waals surface area contributed by atoms with Crippen LogP contribution in [0.2, 0.25) is 0 Å². The molecule has 0 bridgehead atoms. The SMILES string of the molecule is O=C(Nc1ccc2c(c1)CCN2C(=O)c1ccoc1)c1cccc(OCc2cscn2)c1. The van der Waals surface area contributed by atoms with Crippen molar-refractivity contribution in [2.45, 2.75) is 13.0 Å². The van der Waals surface area contributed by atoms with E-state index in [0.29, 0.717) is 35.7 Å². The van der Waals surface area contributed by atoms with E-state index >= 15 is 0 Å². The van der Waals surface area contributed by atoms with Crippen LogP contribution < -0.4 is 15.0 Å². The third-order valence-electron chi connectivity index (χ3n) is 5.21. The number of nitrogens with one attached hydrogen (secondary N) is 1. The van der Waals surface area contributed by atoms with Crippen molar-refractivity contribution in [2.75, 3.05) is 16.8 Å². The second-order valence-corrected chi connectivity index (χ2v) is 8.03. The van der Waals surface area contributed by atoms with E-state index in [4.69, 9.17) is 9.15 Å². The van der Waals surface area contributed by atoms with Crippen molar-refractivity contribution in [2.24, 2.45) is 0 Å². The number of carbonyl (C=O) groups is 2. The van der Waals surface area contributed by atoms with Gasteiger partial charge >= 0.3 is 0 Å². The number of hydrogen-bond acceptors (Lipinski definition) is 6. The smallest absolute Gasteiger partial charge is 0.261 e. The number of amides is 2. The highest BCUT2D eigenvalue weighted by atomic mass is 32.1. The number of thiazole rings is 1. The Kier molecular flexibility index (Phi) is 5.43. The highest BCUT2D eigenvalue weighted by Gasteiger charge is 2.26. The molecule has 8 heteroatoms. The molecule has 2 aromatic carbocycles. The summed E-state index contributed by atoms with van der Waals surface area (Å²) in [7, 11) is 0. The molecule has 0 atom stereocenters. The molecular weight excluding hydrogens is 426 g/mol. The quantitative estimate of drug-likeness (QED) is 0.462. The number of aromatic nitrogens is 1. The zero-order valence-electron chi connectivity index (χ0n) is 17.0. The van der Waals surface area contributed by atoms with Crippen molar-refractivity contribution < 1.29 is 18.7 Å². The van der Waals surface area contributed by atoms with Gasteiger partial charge in [-0.2, -0.15) is 0 Å². The predicted octanol–water partition coefficient (Wildman–Crippen LogP) is 4.77. The summed E-state index contributed by atoms with van der Waals surface area (Å²) in [5.74, 6) is 0.283. The van der Waals surface area contributed by atoms with Crippen LogP contribution in [0, 0.1) is 0 Å². The van der Waals surface area contributed by atoms with Gasteiger partial charge < -0.3 is 19.4 Å². The van der Waals surface area contributed by atoms with Crippen LogP contribution in [0.25, 0.3) is 0 Å². The fraction of sp³-hybridized carbons (Fsp3) is 0.125. The van der Waals surface area contributed by atoms with Crippen LogP contribution in [0.3, 0.4) is 0 Å². The summed E-state index contributed by atoms with van der Waals surface area (Å²) >= 11 is 1.51. The fourth-order valence-corrected chi connectivity index (χ4v) is 4.17. The van der Waals surface area contributed by atoms with E-state index in [1.807, 2.05) is 23.6 Å². The first-order chi connectivity index (χ1) is 15.7. The molecule has 0 saturated heterocycles. The lowest BCUT2D eigenvalue weighted by Gasteiger charge is -2.16. The highest BCUT2D eigenvalue weighted by molar-refractivity contribution is 7.07. The summed E-state index contributed by atoms with van der Waals surface area (Å²) in [6, 6.07) is 14.3. The Morgan fingerprint density at radius 2 is 2.09 bits per heavy atom. The second-order valence-electron chi connectivity index (χ2n) is 7.31. The van der Waals surface area contributed by atoms with Crippen LogP contribution in [0.4, 0.5) is 11.4 Å². The number of fused-ring (bicyclic) bond motifs is 1. The Morgan fingerprint density at radius 1 is 1.16 bits per heavy atom. The second kappa shape index (κ2) is 8.68. The molecule has 2 amide bonds. The molecule has 7 nitrogen and oxygen atoms in total. The standard InChI is InChI=1S/C24H19N3O4S/c28-23(17-2-1-3-21(11-17)31-13-20-14-32-15-25-20)26-19-4-5-22-16(10-19)6-8-27(22)24(29)18-7-9-30-12-18/h1-5,7,9-12,14-15H,6,8,13H2,(H,26,28). The number of ether oxygens (including phenoxy) is 1. The number of hydrogen-bond donors (Lipinski definition) is 1. The van der Waals surface area contributed by atoms with Crippen LogP contribution in [0.15, 0.2) is 76.4 Å². The predicted molar refractivity (Wildman–Crippen MR) is 121 cm³/mol. The van der Waals surface area contributed by atoms with Gasteiger partial charge in [0, 0.05) is 28.9 Å². The maximum absolute atomic E-state index is 12.8. The molecule has 0 fully saturated rings. The van der Waals surface area contributed by atoms with Gasteiger partial charge in [0.15, 0.2) is 0 Å². The summed E-state index contributed by atoms with van der Waals surface area (Å²) in [5.41, 5.74) is 6.17. The molecular formula is C24H19N3O4S. The third-order valence-corrected chi connectivity index (χ3v) is 5.85. The Morgan fingerprint density at radius 3 is 2.91 bits per heavy atom. The first-order valence-electron chi connectivity index (χ1n) is 10.1. The summed E-state index contributed by atoms with van der Waals surface area (Å²) in [5, 5.41) is 4.86. The molecule has 0 aliphatic carbocycles. The van der Waals surface area contributed by atoms with E-state index in [1.54, 1.807) is 40.7 Å². The van der Waals surface area contributed by atoms with Crippen molar-refractivity contribution >= 4 is 34.5 Å². The van der Waals surface area contributed by atoms with E-state index in [-0.39, 0.29) is 11.8 Å². The van der Waals surface area contributed by atoms with E-state index in [2.05, 4.69) is 10.3 Å². The summed E-state index contributed by atoms with van der Waals surface area (Å²) in [6.45, 7) is 0.947. The minimum atomic E-state index is -0.228. The number of rotatable bonds is 6. The Hall–Kier alpha value is -3.91. The molecule has 0 unspecified atom stereocenters. The minimum absolute atomic E-state index is 0.0937. The monoisotopic (exact) mass is 445 g/mol. The Bertz CT molecular complexity index is 1250. The van der Waals surface area contributed by atoms with E-state index in [0.717, 1.165) is 23.4 Å². The Labute approximate surface area is 188 Å². The van der Waals surface area contributed by atoms with Gasteiger partial charge in [-0.15, -0.1) is 11.3 Å². The van der Waals surface area contributed by atoms with Gasteiger partial charge in [-0.25, -0.2) is 4.98 Å². The van der Waals surface area contributed by atoms with Crippen LogP contribution in [0.5, 0.6) is 5.75 Å². The first kappa shape index (κ1) is 20.0. The molecule has 32 heavy (non-hydrogen) atoms. The minimum Gasteiger partial charge on any atom is -0.487 e. The van der Waals surface area contributed by atoms with Crippen LogP contribution >= 0.6 is 11.3 Å². The summed E-state index contributed by atoms with van der Waals surface area (Å²) in [4.78, 5) is 31.4. The largest absolute Gasteiger partial charge is 0.487 e. The van der Waals surface area contributed by atoms with E-state index < -0.39 is 0 Å². The third kappa shape index (κ3) is 4.13. The van der Waals surface area contributed by atoms with Crippen molar-refractivity contribution in [3.05, 3.63) is 94.3 Å². The molecule has 2 aromatic heterocycles. The molecule has 3 heterocycles. The van der Waals surface area contributed by atoms with Crippen molar-refractivity contribution in [1.82, 2.24) is 4.98 Å². The lowest BCUT2D eigenvalue weighted by atomic mass is 10.1. The fourth-order valence-electron chi connectivity index (χ4n) is 3.63. The zero-order valence-corrected chi connectivity index (χ0v) is 17.8. The molecule has 160 valence electrons. The van der Waals surface area contributed by atoms with E-state index in [1.165, 1.54) is 23.9 Å². The molecule has 0 spiro atoms. The van der Waals surface area contributed by atoms with Gasteiger partial charge in [-0.3, -0.25) is 9.59 Å². The average Bonchev–Trinajstić information content (AvgIpc) is 3.59. The first-order valence-corrected chi connectivity index (χ1v) is 11.0. The number of benzene rings is 2. The topological polar surface area (TPSA) is 84.7 Å². The molecule has 1 aliphatic heterocycles. The average molecular weight is 446 g/mol. The van der Waals surface area contributed by atoms with Gasteiger partial charge in [-0.1, -0.05) is 6.07 Å². The van der Waals surface area contributed by atoms with E-state index in [9.17, 15) is 9.59 Å². The van der Waals surface area contributed by atoms with Crippen LogP contribution in [-0.4, -0.2) is 23.3 Å². The number of nitrogens with zero attached hydrogens (tertiary/aromatic N) is 2.